The monoisotopic (exact) mass is 185 g/mol. The van der Waals surface area contributed by atoms with Crippen molar-refractivity contribution in [3.8, 4) is 12.3 Å². The average molecular weight is 185 g/mol. The number of nitrogens with one attached hydrogen (secondary N) is 1. The van der Waals surface area contributed by atoms with Gasteiger partial charge in [0.2, 0.25) is 0 Å². The molecule has 1 nitrogen and oxygen atoms in total. The van der Waals surface area contributed by atoms with Crippen molar-refractivity contribution in [1.29, 1.82) is 0 Å². The molecule has 0 aromatic heterocycles. The van der Waals surface area contributed by atoms with Crippen molar-refractivity contribution in [2.24, 2.45) is 0 Å². The van der Waals surface area contributed by atoms with Gasteiger partial charge in [-0.2, -0.15) is 11.8 Å². The summed E-state index contributed by atoms with van der Waals surface area (Å²) in [6.07, 6.45) is 5.14. The fourth-order valence-corrected chi connectivity index (χ4v) is 1.53. The van der Waals surface area contributed by atoms with E-state index >= 15 is 0 Å². The van der Waals surface area contributed by atoms with Crippen LogP contribution in [0.2, 0.25) is 0 Å². The number of thioether (sulfide) groups is 1. The summed E-state index contributed by atoms with van der Waals surface area (Å²) in [6.45, 7) is 9.52. The molecule has 0 aliphatic heterocycles. The quantitative estimate of drug-likeness (QED) is 0.673. The maximum Gasteiger partial charge on any atom is 0.0576 e. The van der Waals surface area contributed by atoms with Gasteiger partial charge in [0.1, 0.15) is 0 Å². The Bertz CT molecular complexity index is 152. The van der Waals surface area contributed by atoms with Crippen LogP contribution in [0.25, 0.3) is 0 Å². The molecule has 70 valence electrons. The van der Waals surface area contributed by atoms with E-state index in [2.05, 4.69) is 38.9 Å². The lowest BCUT2D eigenvalue weighted by Gasteiger charge is -2.20. The van der Waals surface area contributed by atoms with Gasteiger partial charge in [-0.05, 0) is 6.92 Å². The summed E-state index contributed by atoms with van der Waals surface area (Å²) >= 11 is 1.96. The molecule has 0 spiro atoms. The molecule has 0 aromatic carbocycles. The van der Waals surface area contributed by atoms with Gasteiger partial charge in [0, 0.05) is 16.5 Å². The second kappa shape index (κ2) is 5.50. The molecule has 0 saturated heterocycles. The molecule has 1 unspecified atom stereocenters. The molecule has 1 atom stereocenters. The van der Waals surface area contributed by atoms with Gasteiger partial charge in [-0.3, -0.25) is 0 Å². The second-order valence-electron chi connectivity index (χ2n) is 3.91. The zero-order chi connectivity index (χ0) is 9.61. The molecule has 0 aliphatic carbocycles. The fraction of sp³-hybridized carbons (Fsp3) is 0.800. The molecule has 12 heavy (non-hydrogen) atoms. The minimum atomic E-state index is 0.353. The van der Waals surface area contributed by atoms with Crippen LogP contribution in [-0.2, 0) is 0 Å². The van der Waals surface area contributed by atoms with Crippen molar-refractivity contribution >= 4 is 11.8 Å². The summed E-state index contributed by atoms with van der Waals surface area (Å²) < 4.78 is 0.353. The first-order chi connectivity index (χ1) is 5.45. The van der Waals surface area contributed by atoms with E-state index in [0.29, 0.717) is 17.3 Å². The predicted octanol–water partition coefficient (Wildman–Crippen LogP) is 2.13. The Morgan fingerprint density at radius 2 is 2.08 bits per heavy atom. The van der Waals surface area contributed by atoms with Crippen LogP contribution in [0, 0.1) is 12.3 Å². The van der Waals surface area contributed by atoms with Crippen LogP contribution >= 0.6 is 11.8 Å². The van der Waals surface area contributed by atoms with E-state index in [-0.39, 0.29) is 0 Å². The first-order valence-corrected chi connectivity index (χ1v) is 5.25. The van der Waals surface area contributed by atoms with E-state index in [9.17, 15) is 0 Å². The van der Waals surface area contributed by atoms with Crippen molar-refractivity contribution in [2.45, 2.75) is 38.5 Å². The van der Waals surface area contributed by atoms with Gasteiger partial charge in [-0.1, -0.05) is 26.7 Å². The molecule has 0 fully saturated rings. The van der Waals surface area contributed by atoms with E-state index in [1.165, 1.54) is 0 Å². The van der Waals surface area contributed by atoms with Crippen LogP contribution in [0.15, 0.2) is 0 Å². The highest BCUT2D eigenvalue weighted by atomic mass is 32.2. The van der Waals surface area contributed by atoms with E-state index in [0.717, 1.165) is 5.75 Å². The molecule has 0 rings (SSSR count). The number of rotatable bonds is 4. The van der Waals surface area contributed by atoms with Crippen LogP contribution in [-0.4, -0.2) is 23.1 Å². The van der Waals surface area contributed by atoms with Gasteiger partial charge in [-0.25, -0.2) is 0 Å². The lowest BCUT2D eigenvalue weighted by molar-refractivity contribution is 0.643. The molecule has 0 saturated carbocycles. The van der Waals surface area contributed by atoms with Crippen molar-refractivity contribution in [3.05, 3.63) is 0 Å². The van der Waals surface area contributed by atoms with Crippen LogP contribution in [0.5, 0.6) is 0 Å². The normalized spacial score (nSPS) is 13.9. The Balaban J connectivity index is 3.45. The molecule has 0 bridgehead atoms. The maximum atomic E-state index is 5.14. The standard InChI is InChI=1S/C10H19NS/c1-6-7-11-9(2)8-12-10(3,4)5/h1,9,11H,7-8H2,2-5H3. The Kier molecular flexibility index (Phi) is 5.44. The molecular formula is C10H19NS. The van der Waals surface area contributed by atoms with E-state index < -0.39 is 0 Å². The van der Waals surface area contributed by atoms with Gasteiger partial charge < -0.3 is 5.32 Å². The van der Waals surface area contributed by atoms with Gasteiger partial charge >= 0.3 is 0 Å². The van der Waals surface area contributed by atoms with Gasteiger partial charge in [-0.15, -0.1) is 6.42 Å². The third-order valence-corrected chi connectivity index (χ3v) is 2.85. The highest BCUT2D eigenvalue weighted by molar-refractivity contribution is 8.00. The van der Waals surface area contributed by atoms with Crippen LogP contribution in [0.4, 0.5) is 0 Å². The van der Waals surface area contributed by atoms with Crippen molar-refractivity contribution in [3.63, 3.8) is 0 Å². The largest absolute Gasteiger partial charge is 0.303 e. The SMILES string of the molecule is C#CCNC(C)CSC(C)(C)C. The predicted molar refractivity (Wildman–Crippen MR) is 58.5 cm³/mol. The summed E-state index contributed by atoms with van der Waals surface area (Å²) in [5, 5.41) is 3.25. The van der Waals surface area contributed by atoms with Crippen molar-refractivity contribution < 1.29 is 0 Å². The average Bonchev–Trinajstić information content (AvgIpc) is 1.95. The van der Waals surface area contributed by atoms with Crippen molar-refractivity contribution in [1.82, 2.24) is 5.32 Å². The molecule has 0 aliphatic rings. The van der Waals surface area contributed by atoms with Crippen molar-refractivity contribution in [2.75, 3.05) is 12.3 Å². The Labute approximate surface area is 80.7 Å². The lowest BCUT2D eigenvalue weighted by Crippen LogP contribution is -2.30. The number of hydrogen-bond donors (Lipinski definition) is 1. The first-order valence-electron chi connectivity index (χ1n) is 4.26. The fourth-order valence-electron chi connectivity index (χ4n) is 0.667. The first kappa shape index (κ1) is 11.9. The molecule has 0 heterocycles. The Morgan fingerprint density at radius 1 is 1.50 bits per heavy atom. The summed E-state index contributed by atoms with van der Waals surface area (Å²) in [7, 11) is 0. The molecule has 0 radical (unpaired) electrons. The van der Waals surface area contributed by atoms with Crippen LogP contribution in [0.1, 0.15) is 27.7 Å². The van der Waals surface area contributed by atoms with Gasteiger partial charge in [0.15, 0.2) is 0 Å². The number of terminal acetylenes is 1. The second-order valence-corrected chi connectivity index (χ2v) is 5.76. The Morgan fingerprint density at radius 3 is 2.50 bits per heavy atom. The third-order valence-electron chi connectivity index (χ3n) is 1.32. The van der Waals surface area contributed by atoms with E-state index in [1.807, 2.05) is 11.8 Å². The molecule has 0 aromatic rings. The highest BCUT2D eigenvalue weighted by Gasteiger charge is 2.11. The van der Waals surface area contributed by atoms with Gasteiger partial charge in [0.25, 0.3) is 0 Å². The topological polar surface area (TPSA) is 12.0 Å². The summed E-state index contributed by atoms with van der Waals surface area (Å²) in [6, 6.07) is 0.505. The van der Waals surface area contributed by atoms with Gasteiger partial charge in [0.05, 0.1) is 6.54 Å². The summed E-state index contributed by atoms with van der Waals surface area (Å²) in [5.74, 6) is 3.69. The van der Waals surface area contributed by atoms with Crippen LogP contribution < -0.4 is 5.32 Å². The zero-order valence-corrected chi connectivity index (χ0v) is 9.29. The van der Waals surface area contributed by atoms with Crippen LogP contribution in [0.3, 0.4) is 0 Å². The Hall–Kier alpha value is -0.130. The highest BCUT2D eigenvalue weighted by Crippen LogP contribution is 2.23. The minimum Gasteiger partial charge on any atom is -0.303 e. The van der Waals surface area contributed by atoms with E-state index in [4.69, 9.17) is 6.42 Å². The smallest absolute Gasteiger partial charge is 0.0576 e. The molecular weight excluding hydrogens is 166 g/mol. The zero-order valence-electron chi connectivity index (χ0n) is 8.48. The lowest BCUT2D eigenvalue weighted by atomic mass is 10.3. The molecule has 2 heteroatoms. The minimum absolute atomic E-state index is 0.353. The maximum absolute atomic E-state index is 5.14. The summed E-state index contributed by atoms with van der Waals surface area (Å²) in [5.41, 5.74) is 0. The third kappa shape index (κ3) is 7.97. The summed E-state index contributed by atoms with van der Waals surface area (Å²) in [4.78, 5) is 0. The van der Waals surface area contributed by atoms with E-state index in [1.54, 1.807) is 0 Å². The molecule has 0 amide bonds. The number of hydrogen-bond acceptors (Lipinski definition) is 2. The molecule has 1 N–H and O–H groups in total.